The number of carbonyl (C=O) groups is 2. The lowest BCUT2D eigenvalue weighted by Gasteiger charge is -2.39. The molecule has 158 valence electrons. The first-order valence-electron chi connectivity index (χ1n) is 10.3. The molecule has 0 spiro atoms. The van der Waals surface area contributed by atoms with Gasteiger partial charge in [0.15, 0.2) is 0 Å². The van der Waals surface area contributed by atoms with Crippen LogP contribution in [0.1, 0.15) is 31.8 Å². The number of nitrogens with zero attached hydrogens (tertiary/aromatic N) is 5. The SMILES string of the molecule is Cn1cc(C(=O)N2CC(Cc3cncc(N4CCc5cc(Cl)ccc5C4=O)c3)C2)cn1. The number of aromatic nitrogens is 3. The van der Waals surface area contributed by atoms with E-state index in [2.05, 4.69) is 10.1 Å². The predicted molar refractivity (Wildman–Crippen MR) is 117 cm³/mol. The van der Waals surface area contributed by atoms with E-state index in [9.17, 15) is 9.59 Å². The van der Waals surface area contributed by atoms with Gasteiger partial charge in [0.05, 0.1) is 23.6 Å². The van der Waals surface area contributed by atoms with Gasteiger partial charge in [-0.25, -0.2) is 0 Å². The van der Waals surface area contributed by atoms with Gasteiger partial charge in [0.1, 0.15) is 0 Å². The van der Waals surface area contributed by atoms with Crippen molar-refractivity contribution in [2.75, 3.05) is 24.5 Å². The quantitative estimate of drug-likeness (QED) is 0.631. The van der Waals surface area contributed by atoms with Crippen molar-refractivity contribution in [2.24, 2.45) is 13.0 Å². The Bertz CT molecular complexity index is 1170. The van der Waals surface area contributed by atoms with Gasteiger partial charge in [0.25, 0.3) is 11.8 Å². The van der Waals surface area contributed by atoms with E-state index in [1.807, 2.05) is 23.2 Å². The highest BCUT2D eigenvalue weighted by Crippen LogP contribution is 2.28. The number of benzene rings is 1. The second-order valence-electron chi connectivity index (χ2n) is 8.24. The van der Waals surface area contributed by atoms with Crippen molar-refractivity contribution in [3.63, 3.8) is 0 Å². The molecular formula is C23H22ClN5O2. The molecule has 0 saturated carbocycles. The third-order valence-corrected chi connectivity index (χ3v) is 6.20. The fourth-order valence-electron chi connectivity index (χ4n) is 4.35. The fraction of sp³-hybridized carbons (Fsp3) is 0.304. The van der Waals surface area contributed by atoms with Crippen molar-refractivity contribution in [1.29, 1.82) is 0 Å². The largest absolute Gasteiger partial charge is 0.338 e. The molecule has 1 saturated heterocycles. The molecule has 0 aliphatic carbocycles. The van der Waals surface area contributed by atoms with Gasteiger partial charge in [-0.3, -0.25) is 19.3 Å². The molecule has 8 heteroatoms. The number of likely N-dealkylation sites (tertiary alicyclic amines) is 1. The van der Waals surface area contributed by atoms with Crippen LogP contribution in [0.2, 0.25) is 5.02 Å². The van der Waals surface area contributed by atoms with Crippen LogP contribution in [-0.4, -0.2) is 51.1 Å². The van der Waals surface area contributed by atoms with Crippen LogP contribution in [0.5, 0.6) is 0 Å². The summed E-state index contributed by atoms with van der Waals surface area (Å²) in [5.74, 6) is 0.389. The van der Waals surface area contributed by atoms with Gasteiger partial charge in [-0.2, -0.15) is 5.10 Å². The Hall–Kier alpha value is -3.19. The highest BCUT2D eigenvalue weighted by molar-refractivity contribution is 6.30. The molecule has 2 aliphatic heterocycles. The van der Waals surface area contributed by atoms with Crippen LogP contribution in [0.15, 0.2) is 49.1 Å². The fourth-order valence-corrected chi connectivity index (χ4v) is 4.54. The summed E-state index contributed by atoms with van der Waals surface area (Å²) in [7, 11) is 1.80. The van der Waals surface area contributed by atoms with Crippen molar-refractivity contribution in [1.82, 2.24) is 19.7 Å². The Morgan fingerprint density at radius 2 is 2.03 bits per heavy atom. The van der Waals surface area contributed by atoms with Crippen molar-refractivity contribution in [3.8, 4) is 0 Å². The van der Waals surface area contributed by atoms with Crippen LogP contribution in [-0.2, 0) is 19.9 Å². The molecule has 2 aromatic heterocycles. The summed E-state index contributed by atoms with van der Waals surface area (Å²) in [5, 5.41) is 4.72. The van der Waals surface area contributed by atoms with E-state index < -0.39 is 0 Å². The minimum Gasteiger partial charge on any atom is -0.338 e. The summed E-state index contributed by atoms with van der Waals surface area (Å²) >= 11 is 6.07. The summed E-state index contributed by atoms with van der Waals surface area (Å²) in [4.78, 5) is 33.5. The molecule has 2 amide bonds. The maximum Gasteiger partial charge on any atom is 0.258 e. The predicted octanol–water partition coefficient (Wildman–Crippen LogP) is 2.99. The van der Waals surface area contributed by atoms with Gasteiger partial charge < -0.3 is 9.80 Å². The topological polar surface area (TPSA) is 71.3 Å². The Balaban J connectivity index is 1.24. The third kappa shape index (κ3) is 3.81. The zero-order valence-corrected chi connectivity index (χ0v) is 17.9. The monoisotopic (exact) mass is 435 g/mol. The molecule has 2 aliphatic rings. The maximum absolute atomic E-state index is 13.0. The molecule has 3 aromatic rings. The minimum absolute atomic E-state index is 0.0197. The summed E-state index contributed by atoms with van der Waals surface area (Å²) in [6.45, 7) is 2.04. The van der Waals surface area contributed by atoms with Crippen LogP contribution in [0.3, 0.4) is 0 Å². The highest BCUT2D eigenvalue weighted by Gasteiger charge is 2.32. The molecule has 4 heterocycles. The van der Waals surface area contributed by atoms with E-state index in [0.29, 0.717) is 41.7 Å². The van der Waals surface area contributed by atoms with Crippen LogP contribution in [0, 0.1) is 5.92 Å². The molecule has 0 N–H and O–H groups in total. The number of hydrogen-bond donors (Lipinski definition) is 0. The molecule has 0 radical (unpaired) electrons. The van der Waals surface area contributed by atoms with Crippen LogP contribution < -0.4 is 4.90 Å². The van der Waals surface area contributed by atoms with E-state index in [0.717, 1.165) is 29.7 Å². The smallest absolute Gasteiger partial charge is 0.258 e. The van der Waals surface area contributed by atoms with E-state index in [1.54, 1.807) is 47.4 Å². The molecule has 1 fully saturated rings. The van der Waals surface area contributed by atoms with Gasteiger partial charge in [-0.1, -0.05) is 11.6 Å². The first kappa shape index (κ1) is 19.8. The third-order valence-electron chi connectivity index (χ3n) is 5.96. The Morgan fingerprint density at radius 3 is 2.81 bits per heavy atom. The van der Waals surface area contributed by atoms with Crippen LogP contribution >= 0.6 is 11.6 Å². The Morgan fingerprint density at radius 1 is 1.19 bits per heavy atom. The van der Waals surface area contributed by atoms with E-state index in [4.69, 9.17) is 11.6 Å². The van der Waals surface area contributed by atoms with Gasteiger partial charge in [0, 0.05) is 49.7 Å². The zero-order chi connectivity index (χ0) is 21.5. The first-order chi connectivity index (χ1) is 15.0. The normalized spacial score (nSPS) is 16.3. The van der Waals surface area contributed by atoms with Crippen LogP contribution in [0.25, 0.3) is 0 Å². The molecule has 0 unspecified atom stereocenters. The lowest BCUT2D eigenvalue weighted by Crippen LogP contribution is -2.50. The van der Waals surface area contributed by atoms with E-state index in [-0.39, 0.29) is 11.8 Å². The molecule has 5 rings (SSSR count). The number of anilines is 1. The molecule has 31 heavy (non-hydrogen) atoms. The summed E-state index contributed by atoms with van der Waals surface area (Å²) < 4.78 is 1.64. The average Bonchev–Trinajstić information content (AvgIpc) is 3.17. The average molecular weight is 436 g/mol. The second kappa shape index (κ2) is 7.81. The number of halogens is 1. The summed E-state index contributed by atoms with van der Waals surface area (Å²) in [6, 6.07) is 7.46. The first-order valence-corrected chi connectivity index (χ1v) is 10.7. The molecular weight excluding hydrogens is 414 g/mol. The van der Waals surface area contributed by atoms with Gasteiger partial charge in [0.2, 0.25) is 0 Å². The van der Waals surface area contributed by atoms with Crippen LogP contribution in [0.4, 0.5) is 5.69 Å². The van der Waals surface area contributed by atoms with Gasteiger partial charge in [-0.05, 0) is 54.2 Å². The second-order valence-corrected chi connectivity index (χ2v) is 8.68. The molecule has 1 aromatic carbocycles. The number of fused-ring (bicyclic) bond motifs is 1. The highest BCUT2D eigenvalue weighted by atomic mass is 35.5. The summed E-state index contributed by atoms with van der Waals surface area (Å²) in [5.41, 5.74) is 4.20. The zero-order valence-electron chi connectivity index (χ0n) is 17.2. The number of amides is 2. The maximum atomic E-state index is 13.0. The number of carbonyl (C=O) groups excluding carboxylic acids is 2. The van der Waals surface area contributed by atoms with Gasteiger partial charge >= 0.3 is 0 Å². The van der Waals surface area contributed by atoms with Gasteiger partial charge in [-0.15, -0.1) is 0 Å². The molecule has 0 bridgehead atoms. The van der Waals surface area contributed by atoms with Crippen molar-refractivity contribution in [3.05, 3.63) is 76.3 Å². The lowest BCUT2D eigenvalue weighted by atomic mass is 9.92. The summed E-state index contributed by atoms with van der Waals surface area (Å²) in [6.07, 6.45) is 8.51. The lowest BCUT2D eigenvalue weighted by molar-refractivity contribution is 0.0501. The number of aryl methyl sites for hydroxylation is 1. The Labute approximate surface area is 185 Å². The van der Waals surface area contributed by atoms with E-state index >= 15 is 0 Å². The Kier molecular flexibility index (Phi) is 4.98. The molecule has 0 atom stereocenters. The minimum atomic E-state index is -0.0197. The van der Waals surface area contributed by atoms with E-state index in [1.165, 1.54) is 0 Å². The van der Waals surface area contributed by atoms with Crippen molar-refractivity contribution >= 4 is 29.1 Å². The number of hydrogen-bond acceptors (Lipinski definition) is 4. The van der Waals surface area contributed by atoms with Crippen molar-refractivity contribution in [2.45, 2.75) is 12.8 Å². The standard InChI is InChI=1S/C23H22ClN5O2/c1-27-14-18(10-26-27)22(30)28-12-16(13-28)6-15-7-20(11-25-9-15)29-5-4-17-8-19(24)2-3-21(17)23(29)31/h2-3,7-11,14,16H,4-6,12-13H2,1H3. The number of rotatable bonds is 4. The molecule has 7 nitrogen and oxygen atoms in total. The number of pyridine rings is 1. The van der Waals surface area contributed by atoms with Crippen molar-refractivity contribution < 1.29 is 9.59 Å².